The molecular weight excluding hydrogens is 620 g/mol. The molecule has 2 aromatic carbocycles. The van der Waals surface area contributed by atoms with Gasteiger partial charge in [0.05, 0.1) is 33.0 Å². The molecule has 17 heteroatoms. The molecule has 3 aliphatic heterocycles. The van der Waals surface area contributed by atoms with E-state index in [0.29, 0.717) is 0 Å². The molecule has 0 radical (unpaired) electrons. The number of phenols is 2. The normalized spacial score (nSPS) is 34.1. The molecule has 46 heavy (non-hydrogen) atoms. The van der Waals surface area contributed by atoms with Gasteiger partial charge in [0, 0.05) is 17.7 Å². The average Bonchev–Trinajstić information content (AvgIpc) is 3.05. The van der Waals surface area contributed by atoms with Gasteiger partial charge in [-0.05, 0) is 18.2 Å². The smallest absolute Gasteiger partial charge is 0.229 e. The third-order valence-electron chi connectivity index (χ3n) is 7.88. The monoisotopic (exact) mass is 656 g/mol. The van der Waals surface area contributed by atoms with E-state index in [0.717, 1.165) is 6.07 Å². The van der Waals surface area contributed by atoms with Crippen molar-refractivity contribution in [2.75, 3.05) is 27.4 Å². The Morgan fingerprint density at radius 1 is 0.652 bits per heavy atom. The van der Waals surface area contributed by atoms with Crippen molar-refractivity contribution < 1.29 is 84.2 Å². The standard InChI is InChI=1S/C29H36O17/c1-40-15-3-10(4-16(41-2)20(15)33)27-17(44-29-26(39)24(37)22(35)19(9-31)46-29)7-12-13(42-27)5-11(32)6-14(12)43-28-25(38)23(36)21(34)18(8-30)45-28/h3-7,18-19,21-39H,8-9H2,1-2H3/t18-,19-,21-,22+,23+,24+,25-,26+,27?,28-,29-/m1/s1. The fourth-order valence-electron chi connectivity index (χ4n) is 5.31. The first-order valence-corrected chi connectivity index (χ1v) is 14.1. The van der Waals surface area contributed by atoms with Crippen LogP contribution in [0.3, 0.4) is 0 Å². The first-order chi connectivity index (χ1) is 21.9. The van der Waals surface area contributed by atoms with Gasteiger partial charge in [-0.15, -0.1) is 0 Å². The highest BCUT2D eigenvalue weighted by Gasteiger charge is 2.47. The number of phenolic OH excluding ortho intramolecular Hbond substituents is 2. The van der Waals surface area contributed by atoms with E-state index in [1.165, 1.54) is 38.5 Å². The third kappa shape index (κ3) is 6.21. The molecule has 0 amide bonds. The first-order valence-electron chi connectivity index (χ1n) is 14.1. The van der Waals surface area contributed by atoms with Gasteiger partial charge < -0.3 is 84.2 Å². The Kier molecular flexibility index (Phi) is 9.99. The second-order valence-electron chi connectivity index (χ2n) is 10.8. The minimum absolute atomic E-state index is 0.0153. The van der Waals surface area contributed by atoms with Crippen LogP contribution in [0.2, 0.25) is 0 Å². The Balaban J connectivity index is 1.59. The molecule has 3 aliphatic rings. The predicted molar refractivity (Wildman–Crippen MR) is 150 cm³/mol. The van der Waals surface area contributed by atoms with Crippen LogP contribution in [0.25, 0.3) is 6.08 Å². The summed E-state index contributed by atoms with van der Waals surface area (Å²) in [6.07, 6.45) is -16.3. The van der Waals surface area contributed by atoms with Gasteiger partial charge in [-0.2, -0.15) is 0 Å². The van der Waals surface area contributed by atoms with Crippen LogP contribution < -0.4 is 18.9 Å². The molecule has 17 nitrogen and oxygen atoms in total. The van der Waals surface area contributed by atoms with Crippen LogP contribution in [0.5, 0.6) is 34.5 Å². The number of rotatable bonds is 9. The van der Waals surface area contributed by atoms with Gasteiger partial charge in [-0.1, -0.05) is 0 Å². The number of fused-ring (bicyclic) bond motifs is 1. The summed E-state index contributed by atoms with van der Waals surface area (Å²) < 4.78 is 39.5. The van der Waals surface area contributed by atoms with Crippen LogP contribution in [0, 0.1) is 0 Å². The van der Waals surface area contributed by atoms with Crippen LogP contribution in [0.1, 0.15) is 17.2 Å². The Morgan fingerprint density at radius 3 is 1.67 bits per heavy atom. The Morgan fingerprint density at radius 2 is 1.17 bits per heavy atom. The van der Waals surface area contributed by atoms with Crippen molar-refractivity contribution in [2.24, 2.45) is 0 Å². The van der Waals surface area contributed by atoms with Gasteiger partial charge in [0.25, 0.3) is 0 Å². The van der Waals surface area contributed by atoms with Crippen molar-refractivity contribution in [1.82, 2.24) is 0 Å². The number of methoxy groups -OCH3 is 2. The van der Waals surface area contributed by atoms with Crippen molar-refractivity contribution in [3.63, 3.8) is 0 Å². The van der Waals surface area contributed by atoms with Crippen molar-refractivity contribution in [2.45, 2.75) is 67.5 Å². The first kappa shape index (κ1) is 33.7. The summed E-state index contributed by atoms with van der Waals surface area (Å²) in [6, 6.07) is 5.13. The third-order valence-corrected chi connectivity index (χ3v) is 7.88. The lowest BCUT2D eigenvalue weighted by Gasteiger charge is -2.41. The van der Waals surface area contributed by atoms with Crippen LogP contribution in [-0.2, 0) is 14.2 Å². The molecule has 254 valence electrons. The van der Waals surface area contributed by atoms with E-state index in [-0.39, 0.29) is 51.4 Å². The number of hydrogen-bond acceptors (Lipinski definition) is 17. The Labute approximate surface area is 261 Å². The van der Waals surface area contributed by atoms with Crippen LogP contribution in [-0.4, -0.2) is 140 Å². The van der Waals surface area contributed by atoms with E-state index >= 15 is 0 Å². The highest BCUT2D eigenvalue weighted by molar-refractivity contribution is 5.70. The van der Waals surface area contributed by atoms with E-state index in [9.17, 15) is 51.1 Å². The summed E-state index contributed by atoms with van der Waals surface area (Å²) in [4.78, 5) is 0. The Bertz CT molecular complexity index is 1390. The van der Waals surface area contributed by atoms with Crippen molar-refractivity contribution in [3.05, 3.63) is 41.2 Å². The fourth-order valence-corrected chi connectivity index (χ4v) is 5.31. The minimum Gasteiger partial charge on any atom is -0.508 e. The summed E-state index contributed by atoms with van der Waals surface area (Å²) in [5.41, 5.74) is 0.330. The van der Waals surface area contributed by atoms with Gasteiger partial charge >= 0.3 is 0 Å². The second kappa shape index (κ2) is 13.6. The van der Waals surface area contributed by atoms with Crippen molar-refractivity contribution in [3.8, 4) is 34.5 Å². The minimum atomic E-state index is -1.81. The fraction of sp³-hybridized carbons (Fsp3) is 0.517. The van der Waals surface area contributed by atoms with Crippen LogP contribution >= 0.6 is 0 Å². The maximum absolute atomic E-state index is 10.7. The molecular formula is C29H36O17. The van der Waals surface area contributed by atoms with Gasteiger partial charge in [0.2, 0.25) is 18.3 Å². The van der Waals surface area contributed by atoms with Gasteiger partial charge in [0.1, 0.15) is 71.8 Å². The molecule has 5 rings (SSSR count). The maximum Gasteiger partial charge on any atom is 0.229 e. The number of aromatic hydroxyl groups is 2. The van der Waals surface area contributed by atoms with Gasteiger partial charge in [-0.3, -0.25) is 0 Å². The highest BCUT2D eigenvalue weighted by atomic mass is 16.7. The van der Waals surface area contributed by atoms with Gasteiger partial charge in [0.15, 0.2) is 17.6 Å². The van der Waals surface area contributed by atoms with Gasteiger partial charge in [-0.25, -0.2) is 0 Å². The highest BCUT2D eigenvalue weighted by Crippen LogP contribution is 2.48. The summed E-state index contributed by atoms with van der Waals surface area (Å²) in [5.74, 6) is -1.05. The zero-order valence-electron chi connectivity index (χ0n) is 24.5. The molecule has 2 aromatic rings. The molecule has 3 heterocycles. The van der Waals surface area contributed by atoms with E-state index in [4.69, 9.17) is 33.2 Å². The number of aliphatic hydroxyl groups excluding tert-OH is 8. The topological polar surface area (TPSA) is 267 Å². The zero-order chi connectivity index (χ0) is 33.4. The number of benzene rings is 2. The summed E-state index contributed by atoms with van der Waals surface area (Å²) >= 11 is 0. The van der Waals surface area contributed by atoms with Crippen LogP contribution in [0.15, 0.2) is 30.0 Å². The van der Waals surface area contributed by atoms with E-state index in [1.807, 2.05) is 0 Å². The molecule has 2 saturated heterocycles. The molecule has 2 fully saturated rings. The molecule has 11 atom stereocenters. The largest absolute Gasteiger partial charge is 0.508 e. The zero-order valence-corrected chi connectivity index (χ0v) is 24.5. The summed E-state index contributed by atoms with van der Waals surface area (Å²) in [7, 11) is 2.61. The molecule has 0 aliphatic carbocycles. The SMILES string of the molecule is COc1cc(C2Oc3cc(O)cc(O[C@@H]4O[C@H](CO)[C@@H](O)[C@H](O)[C@H]4O)c3C=C2O[C@@H]2O[C@H](CO)[C@H](O)[C@H](O)[C@@H]2O)cc(OC)c1O. The Hall–Kier alpha value is -3.62. The van der Waals surface area contributed by atoms with E-state index in [2.05, 4.69) is 0 Å². The molecule has 1 unspecified atom stereocenters. The predicted octanol–water partition coefficient (Wildman–Crippen LogP) is -2.42. The molecule has 10 N–H and O–H groups in total. The lowest BCUT2D eigenvalue weighted by atomic mass is 9.98. The lowest BCUT2D eigenvalue weighted by Crippen LogP contribution is -2.60. The summed E-state index contributed by atoms with van der Waals surface area (Å²) in [5, 5.41) is 102. The molecule has 0 bridgehead atoms. The van der Waals surface area contributed by atoms with E-state index < -0.39 is 80.7 Å². The molecule has 0 spiro atoms. The number of aliphatic hydroxyl groups is 8. The van der Waals surface area contributed by atoms with E-state index in [1.54, 1.807) is 0 Å². The lowest BCUT2D eigenvalue weighted by molar-refractivity contribution is -0.293. The molecule has 0 aromatic heterocycles. The van der Waals surface area contributed by atoms with Crippen LogP contribution in [0.4, 0.5) is 0 Å². The number of hydrogen-bond donors (Lipinski definition) is 10. The van der Waals surface area contributed by atoms with Crippen molar-refractivity contribution in [1.29, 1.82) is 0 Å². The second-order valence-corrected chi connectivity index (χ2v) is 10.8. The quantitative estimate of drug-likeness (QED) is 0.135. The molecule has 0 saturated carbocycles. The number of ether oxygens (including phenoxy) is 7. The average molecular weight is 657 g/mol. The van der Waals surface area contributed by atoms with Crippen molar-refractivity contribution >= 4 is 6.08 Å². The summed E-state index contributed by atoms with van der Waals surface area (Å²) in [6.45, 7) is -1.44. The maximum atomic E-state index is 10.7.